The number of para-hydroxylation sites is 5. The fourth-order valence-corrected chi connectivity index (χ4v) is 14.8. The molecule has 0 amide bonds. The lowest BCUT2D eigenvalue weighted by Crippen LogP contribution is -2.59. The Morgan fingerprint density at radius 3 is 1.88 bits per heavy atom. The zero-order chi connectivity index (χ0) is 50.0. The van der Waals surface area contributed by atoms with E-state index >= 15 is 0 Å². The molecule has 3 aromatic heterocycles. The first-order valence-corrected chi connectivity index (χ1v) is 27.3. The molecule has 0 fully saturated rings. The monoisotopic (exact) mass is 972 g/mol. The molecule has 9 aromatic carbocycles. The van der Waals surface area contributed by atoms with Crippen LogP contribution in [0.5, 0.6) is 0 Å². The lowest BCUT2D eigenvalue weighted by atomic mass is 9.36. The van der Waals surface area contributed by atoms with Crippen molar-refractivity contribution < 1.29 is 0 Å². The average Bonchev–Trinajstić information content (AvgIpc) is 4.26. The van der Waals surface area contributed by atoms with Gasteiger partial charge in [0.15, 0.2) is 0 Å². The second-order valence-electron chi connectivity index (χ2n) is 23.6. The van der Waals surface area contributed by atoms with E-state index in [1.807, 2.05) is 11.3 Å². The minimum atomic E-state index is -0.0274. The summed E-state index contributed by atoms with van der Waals surface area (Å²) in [5.74, 6) is 0. The van der Waals surface area contributed by atoms with E-state index in [0.29, 0.717) is 0 Å². The van der Waals surface area contributed by atoms with Gasteiger partial charge in [0.25, 0.3) is 6.71 Å². The van der Waals surface area contributed by atoms with Crippen LogP contribution in [0.4, 0.5) is 34.1 Å². The van der Waals surface area contributed by atoms with Crippen molar-refractivity contribution in [3.8, 4) is 11.4 Å². The van der Waals surface area contributed by atoms with E-state index in [2.05, 4.69) is 262 Å². The molecule has 3 aliphatic rings. The van der Waals surface area contributed by atoms with Crippen LogP contribution in [0.15, 0.2) is 194 Å². The van der Waals surface area contributed by atoms with E-state index in [4.69, 9.17) is 0 Å². The number of hydrogen-bond acceptors (Lipinski definition) is 3. The number of rotatable bonds is 5. The van der Waals surface area contributed by atoms with E-state index in [-0.39, 0.29) is 23.0 Å². The van der Waals surface area contributed by atoms with Gasteiger partial charge in [0.1, 0.15) is 0 Å². The smallest absolute Gasteiger partial charge is 0.264 e. The molecule has 0 radical (unpaired) electrons. The van der Waals surface area contributed by atoms with Crippen molar-refractivity contribution in [2.24, 2.45) is 0 Å². The minimum absolute atomic E-state index is 0.00708. The van der Waals surface area contributed by atoms with Gasteiger partial charge in [-0.15, -0.1) is 11.3 Å². The predicted molar refractivity (Wildman–Crippen MR) is 319 cm³/mol. The standard InChI is InChI=1S/C68H57BN4S/c1-66(2,3)42-30-35-59-51(38-42)64-65(74-59)69-54-28-19-27-48-49-32-34-56-60(50-26-17-18-29-55(50)71(56)45-24-15-10-16-25-45)63(49)73(62(48)54)58-41-47(70(43-20-11-8-12-21-43)44-22-13-9-14-23-44)40-57(61(58)69)72(64)46-31-33-52-53(39-46)68(6,7)37-36-67(52,4)5/h8-35,38-41H,36-37H2,1-7H3. The van der Waals surface area contributed by atoms with Crippen molar-refractivity contribution in [1.82, 2.24) is 9.13 Å². The normalized spacial score (nSPS) is 15.3. The van der Waals surface area contributed by atoms with Crippen LogP contribution in [-0.4, -0.2) is 15.8 Å². The summed E-state index contributed by atoms with van der Waals surface area (Å²) in [4.78, 5) is 5.18. The van der Waals surface area contributed by atoms with Gasteiger partial charge in [-0.2, -0.15) is 0 Å². The highest BCUT2D eigenvalue weighted by Gasteiger charge is 2.46. The fourth-order valence-electron chi connectivity index (χ4n) is 13.5. The van der Waals surface area contributed by atoms with Crippen molar-refractivity contribution in [2.45, 2.75) is 77.6 Å². The molecule has 0 saturated heterocycles. The molecular formula is C68H57BN4S. The first-order chi connectivity index (χ1) is 35.9. The lowest BCUT2D eigenvalue weighted by Gasteiger charge is -2.44. The van der Waals surface area contributed by atoms with Crippen molar-refractivity contribution >= 4 is 122 Å². The van der Waals surface area contributed by atoms with Gasteiger partial charge in [0, 0.05) is 76.0 Å². The molecule has 5 heterocycles. The number of aromatic nitrogens is 2. The molecule has 2 aliphatic heterocycles. The number of fused-ring (bicyclic) bond motifs is 14. The molecule has 0 spiro atoms. The van der Waals surface area contributed by atoms with Gasteiger partial charge in [-0.1, -0.05) is 158 Å². The predicted octanol–water partition coefficient (Wildman–Crippen LogP) is 16.8. The highest BCUT2D eigenvalue weighted by Crippen LogP contribution is 2.53. The largest absolute Gasteiger partial charge is 0.310 e. The molecule has 0 N–H and O–H groups in total. The zero-order valence-electron chi connectivity index (χ0n) is 43.2. The highest BCUT2D eigenvalue weighted by molar-refractivity contribution is 7.33. The molecule has 358 valence electrons. The molecule has 4 nitrogen and oxygen atoms in total. The lowest BCUT2D eigenvalue weighted by molar-refractivity contribution is 0.332. The summed E-state index contributed by atoms with van der Waals surface area (Å²) in [6, 6.07) is 73.7. The van der Waals surface area contributed by atoms with Crippen LogP contribution in [0, 0.1) is 0 Å². The first kappa shape index (κ1) is 43.8. The van der Waals surface area contributed by atoms with E-state index in [0.717, 1.165) is 29.2 Å². The summed E-state index contributed by atoms with van der Waals surface area (Å²) in [5.41, 5.74) is 21.5. The van der Waals surface area contributed by atoms with Crippen LogP contribution in [0.25, 0.3) is 65.1 Å². The SMILES string of the molecule is CC(C)(C)c1ccc2sc3c(c2c1)N(c1ccc2c(c1)C(C)(C)CCC2(C)C)c1cc(N(c2ccccc2)c2ccccc2)cc2c1B3c1cccc3c4ccc5c(c6ccccc6n5-c5ccccc5)c4n-2c13. The van der Waals surface area contributed by atoms with Crippen LogP contribution in [0.1, 0.15) is 78.0 Å². The second-order valence-corrected chi connectivity index (χ2v) is 24.7. The number of benzene rings is 9. The maximum Gasteiger partial charge on any atom is 0.264 e. The van der Waals surface area contributed by atoms with Crippen LogP contribution in [0.3, 0.4) is 0 Å². The van der Waals surface area contributed by atoms with E-state index in [9.17, 15) is 0 Å². The van der Waals surface area contributed by atoms with E-state index < -0.39 is 0 Å². The quantitative estimate of drug-likeness (QED) is 0.160. The Morgan fingerprint density at radius 1 is 0.500 bits per heavy atom. The van der Waals surface area contributed by atoms with Crippen molar-refractivity contribution in [3.05, 3.63) is 211 Å². The Morgan fingerprint density at radius 2 is 1.15 bits per heavy atom. The summed E-state index contributed by atoms with van der Waals surface area (Å²) in [6.45, 7) is 16.9. The summed E-state index contributed by atoms with van der Waals surface area (Å²) in [5, 5.41) is 6.41. The van der Waals surface area contributed by atoms with Gasteiger partial charge < -0.3 is 18.9 Å². The Hall–Kier alpha value is -7.80. The number of nitrogens with zero attached hydrogens (tertiary/aromatic N) is 4. The summed E-state index contributed by atoms with van der Waals surface area (Å²) in [6.07, 6.45) is 2.32. The van der Waals surface area contributed by atoms with Crippen LogP contribution in [0.2, 0.25) is 0 Å². The van der Waals surface area contributed by atoms with Crippen LogP contribution in [-0.2, 0) is 16.2 Å². The van der Waals surface area contributed by atoms with Crippen LogP contribution >= 0.6 is 11.3 Å². The zero-order valence-corrected chi connectivity index (χ0v) is 44.0. The molecule has 74 heavy (non-hydrogen) atoms. The average molecular weight is 973 g/mol. The Kier molecular flexibility index (Phi) is 9.09. The Balaban J connectivity index is 1.14. The molecule has 0 atom stereocenters. The molecule has 0 bridgehead atoms. The van der Waals surface area contributed by atoms with Gasteiger partial charge in [-0.25, -0.2) is 0 Å². The molecule has 1 aliphatic carbocycles. The van der Waals surface area contributed by atoms with Gasteiger partial charge in [0.05, 0.1) is 27.9 Å². The second kappa shape index (κ2) is 15.4. The van der Waals surface area contributed by atoms with Crippen molar-refractivity contribution in [3.63, 3.8) is 0 Å². The van der Waals surface area contributed by atoms with E-state index in [1.165, 1.54) is 115 Å². The topological polar surface area (TPSA) is 16.3 Å². The number of hydrogen-bond donors (Lipinski definition) is 0. The van der Waals surface area contributed by atoms with Crippen molar-refractivity contribution in [2.75, 3.05) is 9.80 Å². The molecule has 12 aromatic rings. The van der Waals surface area contributed by atoms with E-state index in [1.54, 1.807) is 0 Å². The molecule has 0 saturated carbocycles. The maximum absolute atomic E-state index is 2.71. The summed E-state index contributed by atoms with van der Waals surface area (Å²) < 4.78 is 7.90. The van der Waals surface area contributed by atoms with Gasteiger partial charge in [-0.05, 0) is 142 Å². The third kappa shape index (κ3) is 6.09. The summed E-state index contributed by atoms with van der Waals surface area (Å²) in [7, 11) is 0. The third-order valence-corrected chi connectivity index (χ3v) is 18.5. The molecule has 6 heteroatoms. The fraction of sp³-hybridized carbons (Fsp3) is 0.176. The van der Waals surface area contributed by atoms with Gasteiger partial charge in [-0.3, -0.25) is 0 Å². The highest BCUT2D eigenvalue weighted by atomic mass is 32.1. The number of thiophene rings is 1. The maximum atomic E-state index is 2.71. The van der Waals surface area contributed by atoms with Crippen LogP contribution < -0.4 is 25.5 Å². The molecular weight excluding hydrogens is 916 g/mol. The molecule has 15 rings (SSSR count). The third-order valence-electron chi connectivity index (χ3n) is 17.3. The van der Waals surface area contributed by atoms with Crippen molar-refractivity contribution in [1.29, 1.82) is 0 Å². The van der Waals surface area contributed by atoms with Gasteiger partial charge in [0.2, 0.25) is 0 Å². The van der Waals surface area contributed by atoms with Gasteiger partial charge >= 0.3 is 0 Å². The first-order valence-electron chi connectivity index (χ1n) is 26.5. The molecule has 0 unspecified atom stereocenters. The Bertz CT molecular complexity index is 4260. The Labute approximate surface area is 437 Å². The number of anilines is 6. The summed E-state index contributed by atoms with van der Waals surface area (Å²) >= 11 is 2.00. The minimum Gasteiger partial charge on any atom is -0.310 e.